The van der Waals surface area contributed by atoms with E-state index in [4.69, 9.17) is 0 Å². The van der Waals surface area contributed by atoms with Crippen molar-refractivity contribution < 1.29 is 4.79 Å². The molecule has 2 heterocycles. The number of benzene rings is 1. The standard InChI is InChI=1S/C18H18N4OS/c1-12-6-7-15(13(2)9-12)21-18-22-16(11-24-18)17(23)20-10-14-5-3-4-8-19-14/h3-9,11H,10H2,1-2H3,(H,20,23)(H,21,22). The number of thiazole rings is 1. The summed E-state index contributed by atoms with van der Waals surface area (Å²) < 4.78 is 0. The second-order valence-electron chi connectivity index (χ2n) is 5.49. The zero-order chi connectivity index (χ0) is 16.9. The van der Waals surface area contributed by atoms with Crippen molar-refractivity contribution in [3.8, 4) is 0 Å². The summed E-state index contributed by atoms with van der Waals surface area (Å²) in [6.45, 7) is 4.49. The quantitative estimate of drug-likeness (QED) is 0.742. The van der Waals surface area contributed by atoms with Crippen molar-refractivity contribution in [2.24, 2.45) is 0 Å². The van der Waals surface area contributed by atoms with Crippen molar-refractivity contribution in [2.45, 2.75) is 20.4 Å². The minimum absolute atomic E-state index is 0.203. The van der Waals surface area contributed by atoms with Crippen molar-refractivity contribution >= 4 is 28.1 Å². The average molecular weight is 338 g/mol. The van der Waals surface area contributed by atoms with Gasteiger partial charge < -0.3 is 10.6 Å². The fourth-order valence-corrected chi connectivity index (χ4v) is 2.97. The van der Waals surface area contributed by atoms with Crippen LogP contribution in [0.15, 0.2) is 48.0 Å². The van der Waals surface area contributed by atoms with Gasteiger partial charge in [0.2, 0.25) is 0 Å². The fraction of sp³-hybridized carbons (Fsp3) is 0.167. The molecule has 24 heavy (non-hydrogen) atoms. The van der Waals surface area contributed by atoms with Crippen LogP contribution in [0.5, 0.6) is 0 Å². The van der Waals surface area contributed by atoms with Gasteiger partial charge in [0.1, 0.15) is 5.69 Å². The van der Waals surface area contributed by atoms with Crippen molar-refractivity contribution in [2.75, 3.05) is 5.32 Å². The van der Waals surface area contributed by atoms with Gasteiger partial charge in [0, 0.05) is 17.3 Å². The van der Waals surface area contributed by atoms with E-state index in [1.165, 1.54) is 16.9 Å². The number of hydrogen-bond donors (Lipinski definition) is 2. The Kier molecular flexibility index (Phi) is 4.86. The molecule has 0 aliphatic rings. The number of hydrogen-bond acceptors (Lipinski definition) is 5. The molecular weight excluding hydrogens is 320 g/mol. The van der Waals surface area contributed by atoms with Crippen LogP contribution < -0.4 is 10.6 Å². The first-order chi connectivity index (χ1) is 11.6. The summed E-state index contributed by atoms with van der Waals surface area (Å²) in [5, 5.41) is 8.54. The smallest absolute Gasteiger partial charge is 0.271 e. The summed E-state index contributed by atoms with van der Waals surface area (Å²) in [7, 11) is 0. The predicted molar refractivity (Wildman–Crippen MR) is 96.7 cm³/mol. The van der Waals surface area contributed by atoms with Crippen LogP contribution in [-0.4, -0.2) is 15.9 Å². The average Bonchev–Trinajstić information content (AvgIpc) is 3.05. The molecule has 0 aliphatic carbocycles. The third kappa shape index (κ3) is 3.97. The van der Waals surface area contributed by atoms with Gasteiger partial charge in [-0.15, -0.1) is 11.3 Å². The van der Waals surface area contributed by atoms with Crippen molar-refractivity contribution in [1.29, 1.82) is 0 Å². The monoisotopic (exact) mass is 338 g/mol. The molecule has 0 unspecified atom stereocenters. The fourth-order valence-electron chi connectivity index (χ4n) is 2.27. The van der Waals surface area contributed by atoms with E-state index in [2.05, 4.69) is 33.6 Å². The molecule has 0 atom stereocenters. The van der Waals surface area contributed by atoms with Crippen LogP contribution in [0.2, 0.25) is 0 Å². The van der Waals surface area contributed by atoms with Crippen molar-refractivity contribution in [3.63, 3.8) is 0 Å². The zero-order valence-electron chi connectivity index (χ0n) is 13.5. The van der Waals surface area contributed by atoms with Crippen LogP contribution in [0.1, 0.15) is 27.3 Å². The Bertz CT molecular complexity index is 845. The maximum absolute atomic E-state index is 12.2. The molecule has 3 rings (SSSR count). The molecule has 0 fully saturated rings. The summed E-state index contributed by atoms with van der Waals surface area (Å²) >= 11 is 1.41. The molecule has 1 aromatic carbocycles. The maximum Gasteiger partial charge on any atom is 0.271 e. The van der Waals surface area contributed by atoms with E-state index in [9.17, 15) is 4.79 Å². The Morgan fingerprint density at radius 3 is 2.83 bits per heavy atom. The van der Waals surface area contributed by atoms with E-state index < -0.39 is 0 Å². The first-order valence-corrected chi connectivity index (χ1v) is 8.48. The molecule has 122 valence electrons. The second-order valence-corrected chi connectivity index (χ2v) is 6.34. The topological polar surface area (TPSA) is 66.9 Å². The highest BCUT2D eigenvalue weighted by Crippen LogP contribution is 2.24. The second kappa shape index (κ2) is 7.23. The van der Waals surface area contributed by atoms with E-state index >= 15 is 0 Å². The number of carbonyl (C=O) groups excluding carboxylic acids is 1. The highest BCUT2D eigenvalue weighted by Gasteiger charge is 2.11. The number of pyridine rings is 1. The lowest BCUT2D eigenvalue weighted by Crippen LogP contribution is -2.23. The molecule has 6 heteroatoms. The Morgan fingerprint density at radius 1 is 1.21 bits per heavy atom. The van der Waals surface area contributed by atoms with E-state index in [-0.39, 0.29) is 5.91 Å². The minimum atomic E-state index is -0.203. The minimum Gasteiger partial charge on any atom is -0.345 e. The molecule has 0 radical (unpaired) electrons. The number of carbonyl (C=O) groups is 1. The molecule has 0 saturated carbocycles. The lowest BCUT2D eigenvalue weighted by atomic mass is 10.1. The molecule has 5 nitrogen and oxygen atoms in total. The number of amides is 1. The number of aryl methyl sites for hydroxylation is 2. The Balaban J connectivity index is 1.63. The molecule has 1 amide bonds. The van der Waals surface area contributed by atoms with Gasteiger partial charge >= 0.3 is 0 Å². The number of aromatic nitrogens is 2. The zero-order valence-corrected chi connectivity index (χ0v) is 14.4. The highest BCUT2D eigenvalue weighted by atomic mass is 32.1. The summed E-state index contributed by atoms with van der Waals surface area (Å²) in [6, 6.07) is 11.8. The molecule has 0 spiro atoms. The van der Waals surface area contributed by atoms with Crippen LogP contribution in [0, 0.1) is 13.8 Å². The van der Waals surface area contributed by atoms with E-state index in [0.29, 0.717) is 17.4 Å². The molecule has 2 N–H and O–H groups in total. The molecule has 0 aliphatic heterocycles. The predicted octanol–water partition coefficient (Wildman–Crippen LogP) is 3.83. The Morgan fingerprint density at radius 2 is 2.08 bits per heavy atom. The SMILES string of the molecule is Cc1ccc(Nc2nc(C(=O)NCc3ccccn3)cs2)c(C)c1. The van der Waals surface area contributed by atoms with E-state index in [0.717, 1.165) is 16.9 Å². The molecular formula is C18H18N4OS. The van der Waals surface area contributed by atoms with Gasteiger partial charge in [-0.1, -0.05) is 23.8 Å². The molecule has 3 aromatic rings. The van der Waals surface area contributed by atoms with Gasteiger partial charge in [-0.2, -0.15) is 0 Å². The lowest BCUT2D eigenvalue weighted by molar-refractivity contribution is 0.0946. The van der Waals surface area contributed by atoms with Crippen LogP contribution in [0.4, 0.5) is 10.8 Å². The lowest BCUT2D eigenvalue weighted by Gasteiger charge is -2.07. The molecule has 2 aromatic heterocycles. The summed E-state index contributed by atoms with van der Waals surface area (Å²) in [6.07, 6.45) is 1.70. The third-order valence-corrected chi connectivity index (χ3v) is 4.27. The van der Waals surface area contributed by atoms with Crippen LogP contribution in [0.25, 0.3) is 0 Å². The Hall–Kier alpha value is -2.73. The maximum atomic E-state index is 12.2. The number of rotatable bonds is 5. The van der Waals surface area contributed by atoms with Gasteiger partial charge in [0.15, 0.2) is 5.13 Å². The number of nitrogens with one attached hydrogen (secondary N) is 2. The number of nitrogens with zero attached hydrogens (tertiary/aromatic N) is 2. The largest absolute Gasteiger partial charge is 0.345 e. The van der Waals surface area contributed by atoms with Crippen molar-refractivity contribution in [1.82, 2.24) is 15.3 Å². The van der Waals surface area contributed by atoms with Gasteiger partial charge in [-0.05, 0) is 37.6 Å². The van der Waals surface area contributed by atoms with Gasteiger partial charge in [0.05, 0.1) is 12.2 Å². The summed E-state index contributed by atoms with van der Waals surface area (Å²) in [4.78, 5) is 20.7. The van der Waals surface area contributed by atoms with Crippen LogP contribution in [-0.2, 0) is 6.54 Å². The normalized spacial score (nSPS) is 10.4. The van der Waals surface area contributed by atoms with Crippen molar-refractivity contribution in [3.05, 3.63) is 70.5 Å². The van der Waals surface area contributed by atoms with E-state index in [1.54, 1.807) is 11.6 Å². The first-order valence-electron chi connectivity index (χ1n) is 7.60. The highest BCUT2D eigenvalue weighted by molar-refractivity contribution is 7.14. The first kappa shape index (κ1) is 16.1. The number of anilines is 2. The molecule has 0 bridgehead atoms. The van der Waals surface area contributed by atoms with Crippen LogP contribution >= 0.6 is 11.3 Å². The molecule has 0 saturated heterocycles. The van der Waals surface area contributed by atoms with Crippen LogP contribution in [0.3, 0.4) is 0 Å². The van der Waals surface area contributed by atoms with Gasteiger partial charge in [0.25, 0.3) is 5.91 Å². The third-order valence-electron chi connectivity index (χ3n) is 3.52. The summed E-state index contributed by atoms with van der Waals surface area (Å²) in [5.41, 5.74) is 4.58. The van der Waals surface area contributed by atoms with E-state index in [1.807, 2.05) is 37.3 Å². The van der Waals surface area contributed by atoms with Gasteiger partial charge in [-0.25, -0.2) is 4.98 Å². The summed E-state index contributed by atoms with van der Waals surface area (Å²) in [5.74, 6) is -0.203. The van der Waals surface area contributed by atoms with Gasteiger partial charge in [-0.3, -0.25) is 9.78 Å². The Labute approximate surface area is 144 Å².